The fraction of sp³-hybridized carbons (Fsp3) is 0.848. The van der Waals surface area contributed by atoms with Gasteiger partial charge in [-0.3, -0.25) is 28.9 Å². The zero-order chi connectivity index (χ0) is 30.8. The molecular weight excluding hydrogens is 530 g/mol. The average molecular weight is 590 g/mol. The number of nitrogens with zero attached hydrogens (tertiary/aromatic N) is 2. The summed E-state index contributed by atoms with van der Waals surface area (Å²) in [4.78, 5) is 53.1. The molecule has 1 rings (SSSR count). The highest BCUT2D eigenvalue weighted by Gasteiger charge is 2.35. The lowest BCUT2D eigenvalue weighted by atomic mass is 10.0. The Morgan fingerprint density at radius 3 is 1.81 bits per heavy atom. The number of rotatable bonds is 26. The van der Waals surface area contributed by atoms with E-state index in [9.17, 15) is 19.2 Å². The third-order valence-corrected chi connectivity index (χ3v) is 8.09. The van der Waals surface area contributed by atoms with E-state index in [1.54, 1.807) is 4.90 Å². The third kappa shape index (κ3) is 18.9. The zero-order valence-electron chi connectivity index (χ0n) is 26.4. The Kier molecular flexibility index (Phi) is 22.4. The van der Waals surface area contributed by atoms with Gasteiger partial charge in [0.25, 0.3) is 0 Å². The summed E-state index contributed by atoms with van der Waals surface area (Å²) in [5.41, 5.74) is 5.99. The van der Waals surface area contributed by atoms with Gasteiger partial charge < -0.3 is 16.4 Å². The summed E-state index contributed by atoms with van der Waals surface area (Å²) in [6.07, 6.45) is 20.4. The standard InChI is InChI=1S/C33H59N5O4/c1-3-36-31(40)23-17-13-9-5-4-7-11-15-20-28(39)21-16-12-8-6-10-14-18-26-37-32(41)25-24-29(34)33(42)38-27-19-22-30(38)35-2/h29-30H,3-27,34H2,1H3,(H,36,40)(H,37,41)/t29-,30-/m0/s1. The topological polar surface area (TPSA) is 126 Å². The summed E-state index contributed by atoms with van der Waals surface area (Å²) in [5, 5.41) is 5.75. The number of carbonyl (C=O) groups excluding carboxylic acids is 4. The maximum Gasteiger partial charge on any atom is 0.300 e. The molecule has 1 saturated heterocycles. The van der Waals surface area contributed by atoms with E-state index in [1.165, 1.54) is 25.7 Å². The largest absolute Gasteiger partial charge is 0.356 e. The van der Waals surface area contributed by atoms with Gasteiger partial charge in [-0.05, 0) is 45.4 Å². The minimum absolute atomic E-state index is 0.0765. The molecule has 9 heteroatoms. The summed E-state index contributed by atoms with van der Waals surface area (Å²) in [6.45, 7) is 11.1. The van der Waals surface area contributed by atoms with Gasteiger partial charge in [-0.15, -0.1) is 0 Å². The molecule has 0 aromatic rings. The predicted molar refractivity (Wildman–Crippen MR) is 168 cm³/mol. The van der Waals surface area contributed by atoms with E-state index in [0.29, 0.717) is 51.1 Å². The maximum atomic E-state index is 12.4. The number of hydrogen-bond acceptors (Lipinski definition) is 5. The lowest BCUT2D eigenvalue weighted by Crippen LogP contribution is -2.45. The molecule has 0 bridgehead atoms. The average Bonchev–Trinajstić information content (AvgIpc) is 3.46. The summed E-state index contributed by atoms with van der Waals surface area (Å²) in [6, 6.07) is -0.724. The van der Waals surface area contributed by atoms with E-state index >= 15 is 0 Å². The molecule has 4 N–H and O–H groups in total. The van der Waals surface area contributed by atoms with Gasteiger partial charge >= 0.3 is 6.17 Å². The van der Waals surface area contributed by atoms with Crippen molar-refractivity contribution < 1.29 is 19.2 Å². The van der Waals surface area contributed by atoms with Crippen LogP contribution in [-0.4, -0.2) is 60.2 Å². The highest BCUT2D eigenvalue weighted by atomic mass is 16.2. The van der Waals surface area contributed by atoms with Crippen molar-refractivity contribution >= 4 is 23.5 Å². The molecule has 0 saturated carbocycles. The van der Waals surface area contributed by atoms with Gasteiger partial charge in [0, 0.05) is 51.7 Å². The van der Waals surface area contributed by atoms with Crippen LogP contribution in [0.1, 0.15) is 148 Å². The van der Waals surface area contributed by atoms with Crippen molar-refractivity contribution in [2.45, 2.75) is 160 Å². The molecule has 0 aromatic carbocycles. The van der Waals surface area contributed by atoms with Gasteiger partial charge in [-0.25, -0.2) is 6.57 Å². The molecule has 0 radical (unpaired) electrons. The number of nitrogens with two attached hydrogens (primary N) is 1. The minimum atomic E-state index is -0.724. The molecule has 1 heterocycles. The van der Waals surface area contributed by atoms with Crippen molar-refractivity contribution in [3.8, 4) is 0 Å². The SMILES string of the molecule is [C-]#[N+][C@@H]1CCCN1C(=O)[C@@H](N)CCC(=O)NCCCCCCCCCC(=O)CCCCCCCCCCC(=O)NCC. The Balaban J connectivity index is 1.84. The number of hydrogen-bond donors (Lipinski definition) is 3. The number of unbranched alkanes of at least 4 members (excludes halogenated alkanes) is 13. The maximum absolute atomic E-state index is 12.4. The van der Waals surface area contributed by atoms with Crippen molar-refractivity contribution in [2.24, 2.45) is 5.73 Å². The fourth-order valence-corrected chi connectivity index (χ4v) is 5.49. The van der Waals surface area contributed by atoms with Crippen LogP contribution in [0.5, 0.6) is 0 Å². The van der Waals surface area contributed by atoms with Crippen LogP contribution in [-0.2, 0) is 19.2 Å². The van der Waals surface area contributed by atoms with Crippen LogP contribution in [0.4, 0.5) is 0 Å². The molecule has 3 amide bonds. The first-order valence-corrected chi connectivity index (χ1v) is 16.9. The van der Waals surface area contributed by atoms with Crippen molar-refractivity contribution in [1.82, 2.24) is 15.5 Å². The number of nitrogens with one attached hydrogen (secondary N) is 2. The molecule has 1 aliphatic heterocycles. The molecule has 1 fully saturated rings. The minimum Gasteiger partial charge on any atom is -0.356 e. The molecule has 0 spiro atoms. The fourth-order valence-electron chi connectivity index (χ4n) is 5.49. The van der Waals surface area contributed by atoms with Crippen LogP contribution in [0, 0.1) is 6.57 Å². The Labute approximate surface area is 255 Å². The van der Waals surface area contributed by atoms with Crippen LogP contribution < -0.4 is 16.4 Å². The Bertz CT molecular complexity index is 813. The molecular formula is C33H59N5O4. The van der Waals surface area contributed by atoms with Gasteiger partial charge in [0.15, 0.2) is 0 Å². The zero-order valence-corrected chi connectivity index (χ0v) is 26.4. The molecule has 240 valence electrons. The molecule has 9 nitrogen and oxygen atoms in total. The first kappa shape index (κ1) is 37.6. The molecule has 0 aromatic heterocycles. The molecule has 0 aliphatic carbocycles. The number of carbonyl (C=O) groups is 4. The van der Waals surface area contributed by atoms with Gasteiger partial charge in [0.1, 0.15) is 5.78 Å². The van der Waals surface area contributed by atoms with E-state index in [-0.39, 0.29) is 24.1 Å². The first-order chi connectivity index (χ1) is 20.4. The summed E-state index contributed by atoms with van der Waals surface area (Å²) < 4.78 is 0. The van der Waals surface area contributed by atoms with Crippen LogP contribution in [0.2, 0.25) is 0 Å². The van der Waals surface area contributed by atoms with E-state index in [2.05, 4.69) is 15.5 Å². The highest BCUT2D eigenvalue weighted by Crippen LogP contribution is 2.19. The molecule has 1 aliphatic rings. The number of amides is 3. The van der Waals surface area contributed by atoms with Crippen molar-refractivity contribution in [2.75, 3.05) is 19.6 Å². The number of likely N-dealkylation sites (tertiary alicyclic amines) is 1. The van der Waals surface area contributed by atoms with Gasteiger partial charge in [0.05, 0.1) is 6.04 Å². The van der Waals surface area contributed by atoms with Crippen LogP contribution in [0.3, 0.4) is 0 Å². The monoisotopic (exact) mass is 589 g/mol. The van der Waals surface area contributed by atoms with E-state index in [0.717, 1.165) is 83.5 Å². The summed E-state index contributed by atoms with van der Waals surface area (Å²) in [5.74, 6) is 0.280. The molecule has 0 unspecified atom stereocenters. The first-order valence-electron chi connectivity index (χ1n) is 16.9. The second-order valence-electron chi connectivity index (χ2n) is 11.8. The van der Waals surface area contributed by atoms with Crippen LogP contribution >= 0.6 is 0 Å². The van der Waals surface area contributed by atoms with Crippen molar-refractivity contribution in [1.29, 1.82) is 0 Å². The Morgan fingerprint density at radius 2 is 1.26 bits per heavy atom. The quantitative estimate of drug-likeness (QED) is 0.0868. The van der Waals surface area contributed by atoms with Crippen LogP contribution in [0.15, 0.2) is 0 Å². The smallest absolute Gasteiger partial charge is 0.300 e. The summed E-state index contributed by atoms with van der Waals surface area (Å²) >= 11 is 0. The van der Waals surface area contributed by atoms with Crippen LogP contribution in [0.25, 0.3) is 4.85 Å². The van der Waals surface area contributed by atoms with E-state index in [4.69, 9.17) is 12.3 Å². The third-order valence-electron chi connectivity index (χ3n) is 8.09. The summed E-state index contributed by atoms with van der Waals surface area (Å²) in [7, 11) is 0. The van der Waals surface area contributed by atoms with Crippen molar-refractivity contribution in [3.05, 3.63) is 11.4 Å². The number of Topliss-reactive ketones (excluding diaryl/α,β-unsaturated/α-hetero) is 1. The lowest BCUT2D eigenvalue weighted by molar-refractivity contribution is -0.133. The second-order valence-corrected chi connectivity index (χ2v) is 11.8. The van der Waals surface area contributed by atoms with E-state index < -0.39 is 12.2 Å². The Hall–Kier alpha value is -2.47. The van der Waals surface area contributed by atoms with Crippen molar-refractivity contribution in [3.63, 3.8) is 0 Å². The lowest BCUT2D eigenvalue weighted by Gasteiger charge is -2.20. The number of ketones is 1. The van der Waals surface area contributed by atoms with E-state index in [1.807, 2.05) is 6.92 Å². The normalized spacial score (nSPS) is 15.3. The highest BCUT2D eigenvalue weighted by molar-refractivity contribution is 5.83. The molecule has 2 atom stereocenters. The Morgan fingerprint density at radius 1 is 0.762 bits per heavy atom. The predicted octanol–water partition coefficient (Wildman–Crippen LogP) is 5.80. The van der Waals surface area contributed by atoms with Gasteiger partial charge in [-0.2, -0.15) is 0 Å². The molecule has 42 heavy (non-hydrogen) atoms. The second kappa shape index (κ2) is 25.1. The van der Waals surface area contributed by atoms with Gasteiger partial charge in [-0.1, -0.05) is 70.6 Å². The van der Waals surface area contributed by atoms with Gasteiger partial charge in [0.2, 0.25) is 17.7 Å².